The Bertz CT molecular complexity index is 1180. The molecule has 0 bridgehead atoms. The van der Waals surface area contributed by atoms with Gasteiger partial charge in [0.1, 0.15) is 0 Å². The van der Waals surface area contributed by atoms with Crippen molar-refractivity contribution in [1.82, 2.24) is 15.0 Å². The van der Waals surface area contributed by atoms with Gasteiger partial charge in [0.15, 0.2) is 5.82 Å². The smallest absolute Gasteiger partial charge is 0.291 e. The summed E-state index contributed by atoms with van der Waals surface area (Å²) in [5.74, 6) is -0.172. The number of aromatic nitrogens is 3. The van der Waals surface area contributed by atoms with Crippen LogP contribution in [0.1, 0.15) is 93.4 Å². The summed E-state index contributed by atoms with van der Waals surface area (Å²) in [6, 6.07) is 3.82. The fourth-order valence-corrected chi connectivity index (χ4v) is 5.37. The summed E-state index contributed by atoms with van der Waals surface area (Å²) < 4.78 is 6.11. The summed E-state index contributed by atoms with van der Waals surface area (Å²) >= 11 is 0. The van der Waals surface area contributed by atoms with E-state index < -0.39 is 11.2 Å². The van der Waals surface area contributed by atoms with Gasteiger partial charge in [-0.25, -0.2) is 4.98 Å². The van der Waals surface area contributed by atoms with Gasteiger partial charge in [0.2, 0.25) is 0 Å². The molecule has 2 aromatic heterocycles. The molecule has 0 aromatic carbocycles. The minimum Gasteiger partial charge on any atom is -0.393 e. The maximum absolute atomic E-state index is 13.0. The number of amides is 1. The first-order valence-electron chi connectivity index (χ1n) is 12.9. The first-order chi connectivity index (χ1) is 17.5. The highest BCUT2D eigenvalue weighted by atomic mass is 16.5. The summed E-state index contributed by atoms with van der Waals surface area (Å²) in [5.41, 5.74) is 2.61. The molecule has 1 aliphatic heterocycles. The summed E-state index contributed by atoms with van der Waals surface area (Å²) in [7, 11) is 1.65. The van der Waals surface area contributed by atoms with Crippen LogP contribution in [-0.4, -0.2) is 68.8 Å². The normalized spacial score (nSPS) is 27.8. The molecule has 1 aliphatic carbocycles. The fourth-order valence-electron chi connectivity index (χ4n) is 5.37. The summed E-state index contributed by atoms with van der Waals surface area (Å²) in [4.78, 5) is 29.3. The van der Waals surface area contributed by atoms with E-state index >= 15 is 0 Å². The molecule has 200 valence electrons. The number of aliphatic hydroxyl groups is 2. The number of nitrogens with one attached hydrogen (secondary N) is 2. The second-order valence-electron chi connectivity index (χ2n) is 11.7. The van der Waals surface area contributed by atoms with Crippen LogP contribution in [0.25, 0.3) is 5.57 Å². The molecule has 2 aliphatic rings. The lowest BCUT2D eigenvalue weighted by molar-refractivity contribution is -0.208. The van der Waals surface area contributed by atoms with E-state index in [2.05, 4.69) is 40.2 Å². The number of carbonyl (C=O) groups excluding carboxylic acids is 1. The quantitative estimate of drug-likeness (QED) is 0.416. The molecular formula is C28H39N5O4. The lowest BCUT2D eigenvalue weighted by atomic mass is 9.77. The van der Waals surface area contributed by atoms with Crippen LogP contribution in [0.15, 0.2) is 29.4 Å². The first kappa shape index (κ1) is 27.2. The van der Waals surface area contributed by atoms with Crippen molar-refractivity contribution in [2.45, 2.75) is 76.9 Å². The third-order valence-corrected chi connectivity index (χ3v) is 7.45. The molecule has 1 unspecified atom stereocenters. The van der Waals surface area contributed by atoms with Gasteiger partial charge in [0, 0.05) is 31.1 Å². The van der Waals surface area contributed by atoms with E-state index in [9.17, 15) is 15.0 Å². The van der Waals surface area contributed by atoms with E-state index in [1.54, 1.807) is 19.5 Å². The van der Waals surface area contributed by atoms with Crippen molar-refractivity contribution in [3.63, 3.8) is 0 Å². The summed E-state index contributed by atoms with van der Waals surface area (Å²) in [6.07, 6.45) is 9.43. The molecule has 0 saturated carbocycles. The molecule has 9 nitrogen and oxygen atoms in total. The topological polar surface area (TPSA) is 133 Å². The zero-order valence-corrected chi connectivity index (χ0v) is 22.5. The number of pyridine rings is 1. The molecule has 4 rings (SSSR count). The van der Waals surface area contributed by atoms with Gasteiger partial charge in [0.05, 0.1) is 41.5 Å². The van der Waals surface area contributed by atoms with Crippen LogP contribution in [0.2, 0.25) is 0 Å². The van der Waals surface area contributed by atoms with Crippen molar-refractivity contribution < 1.29 is 19.7 Å². The number of imidazole rings is 1. The van der Waals surface area contributed by atoms with E-state index in [4.69, 9.17) is 9.72 Å². The average molecular weight is 510 g/mol. The predicted molar refractivity (Wildman–Crippen MR) is 144 cm³/mol. The van der Waals surface area contributed by atoms with E-state index in [1.165, 1.54) is 0 Å². The van der Waals surface area contributed by atoms with Gasteiger partial charge in [-0.3, -0.25) is 14.8 Å². The number of aliphatic hydroxyl groups excluding tert-OH is 2. The first-order valence-corrected chi connectivity index (χ1v) is 12.9. The number of aliphatic imine (C=N–C) groups is 1. The predicted octanol–water partition coefficient (Wildman–Crippen LogP) is 4.10. The molecule has 1 saturated heterocycles. The Labute approximate surface area is 218 Å². The number of ether oxygens (including phenoxy) is 1. The number of H-pyrrole nitrogens is 1. The number of allylic oxidation sites excluding steroid dienone is 2. The number of hydrogen-bond donors (Lipinski definition) is 4. The highest BCUT2D eigenvalue weighted by Gasteiger charge is 2.45. The molecule has 37 heavy (non-hydrogen) atoms. The van der Waals surface area contributed by atoms with Crippen molar-refractivity contribution in [3.8, 4) is 0 Å². The molecule has 9 heteroatoms. The van der Waals surface area contributed by atoms with Gasteiger partial charge in [-0.05, 0) is 69.1 Å². The van der Waals surface area contributed by atoms with Crippen LogP contribution >= 0.6 is 0 Å². The lowest BCUT2D eigenvalue weighted by Crippen LogP contribution is -2.51. The number of carbonyl (C=O) groups is 1. The fraction of sp³-hybridized carbons (Fsp3) is 0.571. The highest BCUT2D eigenvalue weighted by molar-refractivity contribution is 6.03. The van der Waals surface area contributed by atoms with Crippen molar-refractivity contribution in [2.75, 3.05) is 25.6 Å². The van der Waals surface area contributed by atoms with E-state index in [0.717, 1.165) is 36.2 Å². The zero-order chi connectivity index (χ0) is 26.8. The maximum atomic E-state index is 13.0. The number of hydrogen-bond acceptors (Lipinski definition) is 7. The average Bonchev–Trinajstić information content (AvgIpc) is 3.33. The van der Waals surface area contributed by atoms with Crippen molar-refractivity contribution in [3.05, 3.63) is 47.3 Å². The van der Waals surface area contributed by atoms with Crippen LogP contribution in [-0.2, 0) is 4.74 Å². The Balaban J connectivity index is 1.69. The molecular weight excluding hydrogens is 470 g/mol. The third-order valence-electron chi connectivity index (χ3n) is 7.45. The molecule has 4 N–H and O–H groups in total. The minimum atomic E-state index is -0.776. The Morgan fingerprint density at radius 2 is 1.89 bits per heavy atom. The molecule has 3 heterocycles. The monoisotopic (exact) mass is 509 g/mol. The largest absolute Gasteiger partial charge is 0.393 e. The Kier molecular flexibility index (Phi) is 7.69. The van der Waals surface area contributed by atoms with E-state index in [1.807, 2.05) is 26.0 Å². The third kappa shape index (κ3) is 6.17. The second kappa shape index (κ2) is 10.5. The van der Waals surface area contributed by atoms with Crippen LogP contribution in [0.3, 0.4) is 0 Å². The Morgan fingerprint density at radius 1 is 1.19 bits per heavy atom. The van der Waals surface area contributed by atoms with Crippen molar-refractivity contribution in [2.24, 2.45) is 10.4 Å². The standard InChI is InChI=1S/C28H39N5O4/c1-26(2)10-8-18(9-11-26)23-22(33-25(36)24-30-15-20(31-24)14-29-5)7-6-21(32-23)19-12-27(3,16-34)37-28(4,13-19)17-35/h6-8,14-15,19,34-35H,9-13,16-17H2,1-5H3,(H,30,31)(H,33,36)/b29-14+/t19?,27-,28+. The molecule has 2 aromatic rings. The molecule has 0 spiro atoms. The van der Waals surface area contributed by atoms with Gasteiger partial charge >= 0.3 is 0 Å². The van der Waals surface area contributed by atoms with Crippen LogP contribution in [0.4, 0.5) is 5.69 Å². The van der Waals surface area contributed by atoms with Gasteiger partial charge in [-0.2, -0.15) is 0 Å². The molecule has 1 fully saturated rings. The highest BCUT2D eigenvalue weighted by Crippen LogP contribution is 2.44. The Morgan fingerprint density at radius 3 is 2.49 bits per heavy atom. The van der Waals surface area contributed by atoms with Crippen LogP contribution in [0.5, 0.6) is 0 Å². The maximum Gasteiger partial charge on any atom is 0.291 e. The van der Waals surface area contributed by atoms with Gasteiger partial charge < -0.3 is 25.3 Å². The molecule has 0 radical (unpaired) electrons. The van der Waals surface area contributed by atoms with Crippen molar-refractivity contribution in [1.29, 1.82) is 0 Å². The van der Waals surface area contributed by atoms with Crippen LogP contribution < -0.4 is 5.32 Å². The van der Waals surface area contributed by atoms with Crippen LogP contribution in [0, 0.1) is 5.41 Å². The van der Waals surface area contributed by atoms with E-state index in [0.29, 0.717) is 24.2 Å². The van der Waals surface area contributed by atoms with Gasteiger partial charge in [-0.1, -0.05) is 19.9 Å². The molecule has 1 amide bonds. The SMILES string of the molecule is C/N=C/c1c[nH]c(C(=O)Nc2ccc(C3C[C@](C)(CO)O[C@](C)(CO)C3)nc2C2=CCC(C)(C)CC2)n1. The van der Waals surface area contributed by atoms with E-state index in [-0.39, 0.29) is 36.3 Å². The number of nitrogens with zero attached hydrogens (tertiary/aromatic N) is 3. The molecule has 3 atom stereocenters. The van der Waals surface area contributed by atoms with Gasteiger partial charge in [-0.15, -0.1) is 0 Å². The lowest BCUT2D eigenvalue weighted by Gasteiger charge is -2.47. The number of anilines is 1. The zero-order valence-electron chi connectivity index (χ0n) is 22.5. The van der Waals surface area contributed by atoms with Gasteiger partial charge in [0.25, 0.3) is 5.91 Å². The van der Waals surface area contributed by atoms with Crippen molar-refractivity contribution >= 4 is 23.4 Å². The second-order valence-corrected chi connectivity index (χ2v) is 11.7. The number of rotatable bonds is 7. The summed E-state index contributed by atoms with van der Waals surface area (Å²) in [6.45, 7) is 7.97. The number of aromatic amines is 1. The Hall–Kier alpha value is -2.88. The summed E-state index contributed by atoms with van der Waals surface area (Å²) in [5, 5.41) is 23.1. The minimum absolute atomic E-state index is 0.0202.